The Hall–Kier alpha value is -2.51. The second kappa shape index (κ2) is 11.2. The van der Waals surface area contributed by atoms with Crippen molar-refractivity contribution in [2.24, 2.45) is 0 Å². The van der Waals surface area contributed by atoms with Gasteiger partial charge >= 0.3 is 0 Å². The second-order valence-electron chi connectivity index (χ2n) is 10.7. The number of carbonyl (C=O) groups excluding carboxylic acids is 1. The second-order valence-corrected chi connectivity index (χ2v) is 12.7. The molecule has 0 radical (unpaired) electrons. The molecule has 1 atom stereocenters. The Morgan fingerprint density at radius 1 is 1.03 bits per heavy atom. The summed E-state index contributed by atoms with van der Waals surface area (Å²) in [5.41, 5.74) is 2.04. The van der Waals surface area contributed by atoms with Crippen LogP contribution >= 0.6 is 0 Å². The summed E-state index contributed by atoms with van der Waals surface area (Å²) in [6, 6.07) is 5.09. The SMILES string of the molecule is COc1ccc2c(c1)-c1c(c(C(=O)N3CCOCC3)nn1[C@H]1CCCN(CCN3CCOCC3)C1)CS2(=O)=O. The lowest BCUT2D eigenvalue weighted by Gasteiger charge is -2.36. The molecule has 0 N–H and O–H groups in total. The standard InChI is InChI=1S/C27H37N5O6S/c1-36-21-4-5-24-22(17-21)26-23(19-39(24,34)35)25(27(33)31-11-15-38-16-12-31)28-32(26)20-3-2-6-30(18-20)8-7-29-9-13-37-14-10-29/h4-5,17,20H,2-3,6-16,18-19H2,1H3/t20-/m0/s1. The quantitative estimate of drug-likeness (QED) is 0.518. The highest BCUT2D eigenvalue weighted by molar-refractivity contribution is 7.90. The molecule has 1 amide bonds. The van der Waals surface area contributed by atoms with Crippen LogP contribution in [0.3, 0.4) is 0 Å². The van der Waals surface area contributed by atoms with Gasteiger partial charge in [0.05, 0.1) is 55.9 Å². The maximum atomic E-state index is 13.7. The number of benzene rings is 1. The molecule has 0 spiro atoms. The average molecular weight is 560 g/mol. The van der Waals surface area contributed by atoms with Gasteiger partial charge in [-0.3, -0.25) is 19.3 Å². The summed E-state index contributed by atoms with van der Waals surface area (Å²) in [5, 5.41) is 4.92. The predicted octanol–water partition coefficient (Wildman–Crippen LogP) is 1.29. The van der Waals surface area contributed by atoms with Gasteiger partial charge in [-0.25, -0.2) is 8.42 Å². The smallest absolute Gasteiger partial charge is 0.274 e. The molecular formula is C27H37N5O6S. The van der Waals surface area contributed by atoms with Crippen molar-refractivity contribution >= 4 is 15.7 Å². The third kappa shape index (κ3) is 5.32. The third-order valence-corrected chi connectivity index (χ3v) is 9.98. The normalized spacial score (nSPS) is 23.7. The van der Waals surface area contributed by atoms with Crippen molar-refractivity contribution in [3.8, 4) is 17.0 Å². The highest BCUT2D eigenvalue weighted by atomic mass is 32.2. The summed E-state index contributed by atoms with van der Waals surface area (Å²) >= 11 is 0. The molecular weight excluding hydrogens is 522 g/mol. The van der Waals surface area contributed by atoms with Crippen molar-refractivity contribution < 1.29 is 27.4 Å². The molecule has 0 unspecified atom stereocenters. The van der Waals surface area contributed by atoms with E-state index in [1.807, 2.05) is 4.68 Å². The lowest BCUT2D eigenvalue weighted by molar-refractivity contribution is 0.0294. The molecule has 4 aliphatic heterocycles. The van der Waals surface area contributed by atoms with Gasteiger partial charge in [-0.05, 0) is 37.6 Å². The van der Waals surface area contributed by atoms with Crippen LogP contribution in [0.1, 0.15) is 34.9 Å². The van der Waals surface area contributed by atoms with Gasteiger partial charge in [0.15, 0.2) is 15.5 Å². The number of sulfone groups is 1. The van der Waals surface area contributed by atoms with E-state index < -0.39 is 9.84 Å². The molecule has 2 aromatic rings. The molecule has 39 heavy (non-hydrogen) atoms. The van der Waals surface area contributed by atoms with Gasteiger partial charge in [-0.15, -0.1) is 0 Å². The summed E-state index contributed by atoms with van der Waals surface area (Å²) in [7, 11) is -2.08. The molecule has 11 nitrogen and oxygen atoms in total. The van der Waals surface area contributed by atoms with Crippen LogP contribution in [0.5, 0.6) is 5.75 Å². The summed E-state index contributed by atoms with van der Waals surface area (Å²) in [5.74, 6) is 0.108. The summed E-state index contributed by atoms with van der Waals surface area (Å²) in [6.45, 7) is 9.13. The zero-order valence-corrected chi connectivity index (χ0v) is 23.3. The zero-order valence-electron chi connectivity index (χ0n) is 22.5. The van der Waals surface area contributed by atoms with Gasteiger partial charge in [-0.1, -0.05) is 0 Å². The first-order valence-electron chi connectivity index (χ1n) is 13.9. The fraction of sp³-hybridized carbons (Fsp3) is 0.630. The molecule has 5 heterocycles. The molecule has 1 aromatic carbocycles. The number of ether oxygens (including phenoxy) is 3. The molecule has 0 saturated carbocycles. The molecule has 1 aromatic heterocycles. The number of hydrogen-bond acceptors (Lipinski definition) is 9. The zero-order chi connectivity index (χ0) is 27.0. The number of morpholine rings is 2. The molecule has 3 fully saturated rings. The number of fused-ring (bicyclic) bond motifs is 3. The van der Waals surface area contributed by atoms with E-state index in [4.69, 9.17) is 19.3 Å². The minimum atomic E-state index is -3.65. The molecule has 12 heteroatoms. The Bertz CT molecular complexity index is 1320. The van der Waals surface area contributed by atoms with Crippen LogP contribution in [0, 0.1) is 0 Å². The summed E-state index contributed by atoms with van der Waals surface area (Å²) < 4.78 is 45.2. The maximum Gasteiger partial charge on any atom is 0.274 e. The Morgan fingerprint density at radius 2 is 1.74 bits per heavy atom. The van der Waals surface area contributed by atoms with Crippen LogP contribution < -0.4 is 4.74 Å². The predicted molar refractivity (Wildman–Crippen MR) is 144 cm³/mol. The van der Waals surface area contributed by atoms with Gasteiger partial charge in [0.1, 0.15) is 5.75 Å². The number of hydrogen-bond donors (Lipinski definition) is 0. The Labute approximate surface area is 229 Å². The Morgan fingerprint density at radius 3 is 2.49 bits per heavy atom. The number of carbonyl (C=O) groups is 1. The van der Waals surface area contributed by atoms with E-state index in [-0.39, 0.29) is 28.3 Å². The van der Waals surface area contributed by atoms with Crippen molar-refractivity contribution in [3.05, 3.63) is 29.5 Å². The van der Waals surface area contributed by atoms with Crippen LogP contribution in [-0.4, -0.2) is 125 Å². The van der Waals surface area contributed by atoms with Crippen molar-refractivity contribution in [1.29, 1.82) is 0 Å². The van der Waals surface area contributed by atoms with Gasteiger partial charge in [0.2, 0.25) is 0 Å². The molecule has 212 valence electrons. The van der Waals surface area contributed by atoms with Crippen molar-refractivity contribution in [1.82, 2.24) is 24.5 Å². The van der Waals surface area contributed by atoms with Crippen LogP contribution in [0.2, 0.25) is 0 Å². The Balaban J connectivity index is 1.37. The first-order chi connectivity index (χ1) is 18.9. The lowest BCUT2D eigenvalue weighted by atomic mass is 10.0. The van der Waals surface area contributed by atoms with Gasteiger partial charge in [0.25, 0.3) is 5.91 Å². The average Bonchev–Trinajstić information content (AvgIpc) is 3.35. The highest BCUT2D eigenvalue weighted by Gasteiger charge is 2.39. The highest BCUT2D eigenvalue weighted by Crippen LogP contribution is 2.43. The number of amides is 1. The maximum absolute atomic E-state index is 13.7. The Kier molecular flexibility index (Phi) is 7.64. The van der Waals surface area contributed by atoms with E-state index in [2.05, 4.69) is 9.80 Å². The van der Waals surface area contributed by atoms with Crippen LogP contribution in [0.15, 0.2) is 23.1 Å². The van der Waals surface area contributed by atoms with E-state index >= 15 is 0 Å². The lowest BCUT2D eigenvalue weighted by Crippen LogP contribution is -2.44. The van der Waals surface area contributed by atoms with Crippen molar-refractivity contribution in [2.45, 2.75) is 29.5 Å². The molecule has 0 aliphatic carbocycles. The first-order valence-corrected chi connectivity index (χ1v) is 15.5. The minimum absolute atomic E-state index is 0.0308. The topological polar surface area (TPSA) is 106 Å². The monoisotopic (exact) mass is 559 g/mol. The van der Waals surface area contributed by atoms with Crippen LogP contribution in [-0.2, 0) is 25.1 Å². The molecule has 4 aliphatic rings. The van der Waals surface area contributed by atoms with Crippen LogP contribution in [0.25, 0.3) is 11.3 Å². The molecule has 6 rings (SSSR count). The first kappa shape index (κ1) is 26.7. The van der Waals surface area contributed by atoms with E-state index in [0.717, 1.165) is 71.0 Å². The van der Waals surface area contributed by atoms with E-state index in [0.29, 0.717) is 43.2 Å². The van der Waals surface area contributed by atoms with E-state index in [1.54, 1.807) is 30.2 Å². The fourth-order valence-corrected chi connectivity index (χ4v) is 7.72. The molecule has 3 saturated heterocycles. The number of methoxy groups -OCH3 is 1. The van der Waals surface area contributed by atoms with Crippen molar-refractivity contribution in [2.75, 3.05) is 85.9 Å². The number of aromatic nitrogens is 2. The largest absolute Gasteiger partial charge is 0.497 e. The van der Waals surface area contributed by atoms with Crippen molar-refractivity contribution in [3.63, 3.8) is 0 Å². The number of rotatable bonds is 6. The molecule has 0 bridgehead atoms. The van der Waals surface area contributed by atoms with E-state index in [9.17, 15) is 13.2 Å². The number of nitrogens with zero attached hydrogens (tertiary/aromatic N) is 5. The number of piperidine rings is 1. The van der Waals surface area contributed by atoms with Gasteiger partial charge in [-0.2, -0.15) is 5.10 Å². The van der Waals surface area contributed by atoms with Gasteiger partial charge < -0.3 is 19.1 Å². The third-order valence-electron chi connectivity index (χ3n) is 8.28. The van der Waals surface area contributed by atoms with Gasteiger partial charge in [0, 0.05) is 56.9 Å². The summed E-state index contributed by atoms with van der Waals surface area (Å²) in [4.78, 5) is 20.6. The van der Waals surface area contributed by atoms with E-state index in [1.165, 1.54) is 0 Å². The number of likely N-dealkylation sites (tertiary alicyclic amines) is 1. The fourth-order valence-electron chi connectivity index (χ4n) is 6.15. The summed E-state index contributed by atoms with van der Waals surface area (Å²) in [6.07, 6.45) is 1.93. The minimum Gasteiger partial charge on any atom is -0.497 e. The van der Waals surface area contributed by atoms with Crippen LogP contribution in [0.4, 0.5) is 0 Å².